The molecule has 0 aliphatic rings. The Hall–Kier alpha value is -2.38. The van der Waals surface area contributed by atoms with Crippen LogP contribution in [-0.4, -0.2) is 24.9 Å². The molecule has 17 heavy (non-hydrogen) atoms. The van der Waals surface area contributed by atoms with Crippen molar-refractivity contribution >= 4 is 11.5 Å². The van der Waals surface area contributed by atoms with Gasteiger partial charge in [0.15, 0.2) is 0 Å². The van der Waals surface area contributed by atoms with Gasteiger partial charge >= 0.3 is 5.69 Å². The minimum Gasteiger partial charge on any atom is -0.359 e. The standard InChI is InChI=1S/C9H12N6O2/c1-6-7(4-11-12-6)3-10-9-8(15(16)17)5-14(2)13-9/h4-5H,3H2,1-2H3,(H,10,13)(H,11,12). The second kappa shape index (κ2) is 4.24. The molecule has 2 N–H and O–H groups in total. The van der Waals surface area contributed by atoms with Crippen molar-refractivity contribution in [3.63, 3.8) is 0 Å². The molecule has 2 heterocycles. The van der Waals surface area contributed by atoms with Crippen molar-refractivity contribution in [3.05, 3.63) is 33.8 Å². The number of hydrogen-bond donors (Lipinski definition) is 2. The Kier molecular flexibility index (Phi) is 2.77. The molecule has 0 saturated heterocycles. The Morgan fingerprint density at radius 1 is 1.65 bits per heavy atom. The maximum atomic E-state index is 10.8. The highest BCUT2D eigenvalue weighted by Crippen LogP contribution is 2.22. The van der Waals surface area contributed by atoms with E-state index >= 15 is 0 Å². The number of H-pyrrole nitrogens is 1. The molecule has 2 aromatic heterocycles. The first-order valence-electron chi connectivity index (χ1n) is 4.98. The molecular formula is C9H12N6O2. The molecule has 0 radical (unpaired) electrons. The van der Waals surface area contributed by atoms with E-state index in [0.29, 0.717) is 6.54 Å². The van der Waals surface area contributed by atoms with Gasteiger partial charge in [-0.05, 0) is 6.92 Å². The fraction of sp³-hybridized carbons (Fsp3) is 0.333. The van der Waals surface area contributed by atoms with Crippen molar-refractivity contribution in [2.24, 2.45) is 7.05 Å². The van der Waals surface area contributed by atoms with E-state index in [0.717, 1.165) is 11.3 Å². The predicted molar refractivity (Wildman–Crippen MR) is 60.5 cm³/mol. The van der Waals surface area contributed by atoms with Gasteiger partial charge in [-0.2, -0.15) is 5.10 Å². The lowest BCUT2D eigenvalue weighted by atomic mass is 10.2. The third-order valence-corrected chi connectivity index (χ3v) is 2.39. The lowest BCUT2D eigenvalue weighted by molar-refractivity contribution is -0.384. The van der Waals surface area contributed by atoms with Gasteiger partial charge in [0.2, 0.25) is 5.82 Å². The highest BCUT2D eigenvalue weighted by atomic mass is 16.6. The van der Waals surface area contributed by atoms with Gasteiger partial charge in [0.1, 0.15) is 6.20 Å². The monoisotopic (exact) mass is 236 g/mol. The molecule has 2 rings (SSSR count). The summed E-state index contributed by atoms with van der Waals surface area (Å²) in [6, 6.07) is 0. The zero-order valence-corrected chi connectivity index (χ0v) is 9.47. The van der Waals surface area contributed by atoms with Crippen molar-refractivity contribution in [2.75, 3.05) is 5.32 Å². The minimum absolute atomic E-state index is 0.0337. The highest BCUT2D eigenvalue weighted by Gasteiger charge is 2.18. The molecular weight excluding hydrogens is 224 g/mol. The molecule has 0 atom stereocenters. The molecule has 0 spiro atoms. The molecule has 0 saturated carbocycles. The summed E-state index contributed by atoms with van der Waals surface area (Å²) in [4.78, 5) is 10.3. The average molecular weight is 236 g/mol. The van der Waals surface area contributed by atoms with Gasteiger partial charge < -0.3 is 5.32 Å². The number of aromatic amines is 1. The van der Waals surface area contributed by atoms with Crippen LogP contribution in [0.2, 0.25) is 0 Å². The van der Waals surface area contributed by atoms with E-state index in [1.165, 1.54) is 10.9 Å². The van der Waals surface area contributed by atoms with Crippen molar-refractivity contribution in [2.45, 2.75) is 13.5 Å². The zero-order valence-electron chi connectivity index (χ0n) is 9.47. The molecule has 0 unspecified atom stereocenters. The Balaban J connectivity index is 2.14. The largest absolute Gasteiger partial charge is 0.359 e. The number of rotatable bonds is 4. The van der Waals surface area contributed by atoms with Crippen LogP contribution in [0.3, 0.4) is 0 Å². The number of hydrogen-bond acceptors (Lipinski definition) is 5. The molecule has 0 bridgehead atoms. The minimum atomic E-state index is -0.461. The van der Waals surface area contributed by atoms with Crippen LogP contribution in [-0.2, 0) is 13.6 Å². The molecule has 90 valence electrons. The summed E-state index contributed by atoms with van der Waals surface area (Å²) in [6.45, 7) is 2.33. The van der Waals surface area contributed by atoms with Crippen LogP contribution in [0, 0.1) is 17.0 Å². The normalized spacial score (nSPS) is 10.5. The predicted octanol–water partition coefficient (Wildman–Crippen LogP) is 0.972. The maximum absolute atomic E-state index is 10.8. The third kappa shape index (κ3) is 2.25. The summed E-state index contributed by atoms with van der Waals surface area (Å²) in [7, 11) is 1.64. The van der Waals surface area contributed by atoms with Crippen molar-refractivity contribution in [1.82, 2.24) is 20.0 Å². The van der Waals surface area contributed by atoms with E-state index in [-0.39, 0.29) is 11.5 Å². The van der Waals surface area contributed by atoms with Gasteiger partial charge in [-0.25, -0.2) is 0 Å². The van der Waals surface area contributed by atoms with E-state index < -0.39 is 4.92 Å². The number of nitro groups is 1. The van der Waals surface area contributed by atoms with Crippen LogP contribution in [0.4, 0.5) is 11.5 Å². The number of nitrogens with zero attached hydrogens (tertiary/aromatic N) is 4. The molecule has 0 aromatic carbocycles. The first-order valence-corrected chi connectivity index (χ1v) is 4.98. The molecule has 0 amide bonds. The highest BCUT2D eigenvalue weighted by molar-refractivity contribution is 5.54. The zero-order chi connectivity index (χ0) is 12.4. The summed E-state index contributed by atoms with van der Waals surface area (Å²) in [5.74, 6) is 0.262. The Labute approximate surface area is 96.8 Å². The van der Waals surface area contributed by atoms with Crippen molar-refractivity contribution < 1.29 is 4.92 Å². The van der Waals surface area contributed by atoms with E-state index in [2.05, 4.69) is 20.6 Å². The Morgan fingerprint density at radius 3 is 3.00 bits per heavy atom. The number of aromatic nitrogens is 4. The molecule has 8 nitrogen and oxygen atoms in total. The molecule has 0 aliphatic heterocycles. The van der Waals surface area contributed by atoms with Crippen LogP contribution in [0.15, 0.2) is 12.4 Å². The topological polar surface area (TPSA) is 102 Å². The van der Waals surface area contributed by atoms with Gasteiger partial charge in [-0.1, -0.05) is 0 Å². The fourth-order valence-electron chi connectivity index (χ4n) is 1.47. The summed E-state index contributed by atoms with van der Waals surface area (Å²) in [5, 5.41) is 24.3. The van der Waals surface area contributed by atoms with Gasteiger partial charge in [-0.3, -0.25) is 19.9 Å². The molecule has 2 aromatic rings. The van der Waals surface area contributed by atoms with E-state index in [4.69, 9.17) is 0 Å². The van der Waals surface area contributed by atoms with Crippen LogP contribution in [0.5, 0.6) is 0 Å². The SMILES string of the molecule is Cc1[nH]ncc1CNc1nn(C)cc1[N+](=O)[O-]. The average Bonchev–Trinajstić information content (AvgIpc) is 2.82. The number of nitrogens with one attached hydrogen (secondary N) is 2. The fourth-order valence-corrected chi connectivity index (χ4v) is 1.47. The molecule has 0 aliphatic carbocycles. The summed E-state index contributed by atoms with van der Waals surface area (Å²) < 4.78 is 1.41. The lowest BCUT2D eigenvalue weighted by Gasteiger charge is -2.01. The van der Waals surface area contributed by atoms with Crippen molar-refractivity contribution in [1.29, 1.82) is 0 Å². The van der Waals surface area contributed by atoms with Crippen molar-refractivity contribution in [3.8, 4) is 0 Å². The third-order valence-electron chi connectivity index (χ3n) is 2.39. The summed E-state index contributed by atoms with van der Waals surface area (Å²) >= 11 is 0. The van der Waals surface area contributed by atoms with Crippen LogP contribution in [0.25, 0.3) is 0 Å². The quantitative estimate of drug-likeness (QED) is 0.608. The van der Waals surface area contributed by atoms with Gasteiger partial charge in [0.25, 0.3) is 0 Å². The summed E-state index contributed by atoms with van der Waals surface area (Å²) in [5.41, 5.74) is 1.84. The second-order valence-electron chi connectivity index (χ2n) is 3.67. The van der Waals surface area contributed by atoms with Crippen LogP contribution < -0.4 is 5.32 Å². The number of aryl methyl sites for hydroxylation is 2. The maximum Gasteiger partial charge on any atom is 0.330 e. The van der Waals surface area contributed by atoms with Gasteiger partial charge in [0, 0.05) is 24.8 Å². The first kappa shape index (κ1) is 11.1. The van der Waals surface area contributed by atoms with Crippen LogP contribution >= 0.6 is 0 Å². The Morgan fingerprint density at radius 2 is 2.41 bits per heavy atom. The molecule has 8 heteroatoms. The second-order valence-corrected chi connectivity index (χ2v) is 3.67. The van der Waals surface area contributed by atoms with Gasteiger partial charge in [-0.15, -0.1) is 5.10 Å². The van der Waals surface area contributed by atoms with E-state index in [9.17, 15) is 10.1 Å². The first-order chi connectivity index (χ1) is 8.08. The van der Waals surface area contributed by atoms with Crippen LogP contribution in [0.1, 0.15) is 11.3 Å². The Bertz CT molecular complexity index is 543. The van der Waals surface area contributed by atoms with E-state index in [1.807, 2.05) is 6.92 Å². The van der Waals surface area contributed by atoms with Gasteiger partial charge in [0.05, 0.1) is 11.1 Å². The lowest BCUT2D eigenvalue weighted by Crippen LogP contribution is -2.03. The number of anilines is 1. The molecule has 0 fully saturated rings. The smallest absolute Gasteiger partial charge is 0.330 e. The van der Waals surface area contributed by atoms with E-state index in [1.54, 1.807) is 13.2 Å². The summed E-state index contributed by atoms with van der Waals surface area (Å²) in [6.07, 6.45) is 3.04.